The Morgan fingerprint density at radius 2 is 2.27 bits per heavy atom. The lowest BCUT2D eigenvalue weighted by molar-refractivity contribution is 0.427. The third-order valence-corrected chi connectivity index (χ3v) is 2.58. The molecule has 2 rings (SSSR count). The lowest BCUT2D eigenvalue weighted by Crippen LogP contribution is -1.84. The predicted molar refractivity (Wildman–Crippen MR) is 59.0 cm³/mol. The van der Waals surface area contributed by atoms with Gasteiger partial charge >= 0.3 is 0 Å². The molecule has 3 nitrogen and oxygen atoms in total. The first-order valence-corrected chi connectivity index (χ1v) is 5.26. The molecular formula is C10H8Cl2N2O. The molecule has 0 unspecified atom stereocenters. The molecule has 2 aromatic heterocycles. The van der Waals surface area contributed by atoms with Crippen LogP contribution in [0.5, 0.6) is 0 Å². The summed E-state index contributed by atoms with van der Waals surface area (Å²) >= 11 is 11.6. The Labute approximate surface area is 97.0 Å². The van der Waals surface area contributed by atoms with E-state index in [0.717, 1.165) is 16.8 Å². The molecule has 15 heavy (non-hydrogen) atoms. The summed E-state index contributed by atoms with van der Waals surface area (Å²) < 4.78 is 5.21. The van der Waals surface area contributed by atoms with Gasteiger partial charge in [0.15, 0.2) is 5.76 Å². The highest BCUT2D eigenvalue weighted by molar-refractivity contribution is 6.29. The Morgan fingerprint density at radius 3 is 2.93 bits per heavy atom. The number of aryl methyl sites for hydroxylation is 1. The fourth-order valence-electron chi connectivity index (χ4n) is 1.32. The van der Waals surface area contributed by atoms with E-state index >= 15 is 0 Å². The number of alkyl halides is 1. The van der Waals surface area contributed by atoms with Gasteiger partial charge in [-0.2, -0.15) is 0 Å². The zero-order chi connectivity index (χ0) is 10.8. The molecule has 0 aliphatic rings. The highest BCUT2D eigenvalue weighted by Crippen LogP contribution is 2.28. The molecule has 0 aliphatic carbocycles. The summed E-state index contributed by atoms with van der Waals surface area (Å²) in [6.45, 7) is 1.85. The first-order valence-electron chi connectivity index (χ1n) is 4.35. The van der Waals surface area contributed by atoms with Crippen molar-refractivity contribution in [1.82, 2.24) is 10.1 Å². The average Bonchev–Trinajstić information content (AvgIpc) is 2.59. The van der Waals surface area contributed by atoms with Crippen molar-refractivity contribution in [3.8, 4) is 11.3 Å². The van der Waals surface area contributed by atoms with Gasteiger partial charge in [-0.25, -0.2) is 4.98 Å². The van der Waals surface area contributed by atoms with Gasteiger partial charge in [0.2, 0.25) is 0 Å². The molecule has 78 valence electrons. The maximum atomic E-state index is 5.82. The summed E-state index contributed by atoms with van der Waals surface area (Å²) in [7, 11) is 0. The third-order valence-electron chi connectivity index (χ3n) is 2.11. The lowest BCUT2D eigenvalue weighted by Gasteiger charge is -1.98. The Morgan fingerprint density at radius 1 is 1.47 bits per heavy atom. The highest BCUT2D eigenvalue weighted by Gasteiger charge is 2.14. The Balaban J connectivity index is 2.54. The molecule has 0 aliphatic heterocycles. The largest absolute Gasteiger partial charge is 0.356 e. The van der Waals surface area contributed by atoms with Gasteiger partial charge in [-0.05, 0) is 19.1 Å². The second-order valence-electron chi connectivity index (χ2n) is 3.08. The normalized spacial score (nSPS) is 10.6. The topological polar surface area (TPSA) is 38.9 Å². The molecule has 0 N–H and O–H groups in total. The molecule has 0 radical (unpaired) electrons. The minimum absolute atomic E-state index is 0.366. The molecule has 0 saturated heterocycles. The van der Waals surface area contributed by atoms with E-state index in [-0.39, 0.29) is 0 Å². The minimum Gasteiger partial charge on any atom is -0.356 e. The second kappa shape index (κ2) is 4.21. The number of aromatic nitrogens is 2. The second-order valence-corrected chi connectivity index (χ2v) is 3.73. The molecule has 0 fully saturated rings. The van der Waals surface area contributed by atoms with Crippen molar-refractivity contribution in [2.75, 3.05) is 0 Å². The van der Waals surface area contributed by atoms with E-state index in [9.17, 15) is 0 Å². The van der Waals surface area contributed by atoms with Gasteiger partial charge in [-0.3, -0.25) is 0 Å². The van der Waals surface area contributed by atoms with E-state index in [2.05, 4.69) is 10.1 Å². The summed E-state index contributed by atoms with van der Waals surface area (Å²) in [6, 6.07) is 3.53. The quantitative estimate of drug-likeness (QED) is 0.599. The van der Waals surface area contributed by atoms with Crippen LogP contribution < -0.4 is 0 Å². The van der Waals surface area contributed by atoms with Crippen LogP contribution in [0.1, 0.15) is 11.3 Å². The molecule has 0 aromatic carbocycles. The predicted octanol–water partition coefficient (Wildman–Crippen LogP) is 3.44. The van der Waals surface area contributed by atoms with E-state index in [4.69, 9.17) is 27.7 Å². The van der Waals surface area contributed by atoms with Gasteiger partial charge in [-0.15, -0.1) is 11.6 Å². The van der Waals surface area contributed by atoms with E-state index in [0.29, 0.717) is 16.8 Å². The molecule has 0 atom stereocenters. The standard InChI is InChI=1S/C10H8Cl2N2O/c1-6-8(5-11)10(15-14-6)7-2-3-13-9(12)4-7/h2-4H,5H2,1H3. The average molecular weight is 243 g/mol. The van der Waals surface area contributed by atoms with E-state index in [1.165, 1.54) is 0 Å². The Bertz CT molecular complexity index is 482. The molecule has 2 aromatic rings. The van der Waals surface area contributed by atoms with Crippen molar-refractivity contribution < 1.29 is 4.52 Å². The van der Waals surface area contributed by atoms with Crippen molar-refractivity contribution in [3.05, 3.63) is 34.7 Å². The molecule has 0 saturated carbocycles. The third kappa shape index (κ3) is 1.98. The van der Waals surface area contributed by atoms with Gasteiger partial charge in [0.05, 0.1) is 11.6 Å². The molecule has 0 bridgehead atoms. The number of nitrogens with zero attached hydrogens (tertiary/aromatic N) is 2. The van der Waals surface area contributed by atoms with Crippen molar-refractivity contribution in [2.24, 2.45) is 0 Å². The SMILES string of the molecule is Cc1noc(-c2ccnc(Cl)c2)c1CCl. The van der Waals surface area contributed by atoms with Gasteiger partial charge in [0.25, 0.3) is 0 Å². The number of rotatable bonds is 2. The van der Waals surface area contributed by atoms with Crippen molar-refractivity contribution in [1.29, 1.82) is 0 Å². The van der Waals surface area contributed by atoms with Crippen molar-refractivity contribution >= 4 is 23.2 Å². The fourth-order valence-corrected chi connectivity index (χ4v) is 1.81. The van der Waals surface area contributed by atoms with Crippen LogP contribution in [0.15, 0.2) is 22.9 Å². The molecular weight excluding hydrogens is 235 g/mol. The molecule has 5 heteroatoms. The minimum atomic E-state index is 0.366. The molecule has 2 heterocycles. The highest BCUT2D eigenvalue weighted by atomic mass is 35.5. The van der Waals surface area contributed by atoms with Crippen LogP contribution >= 0.6 is 23.2 Å². The number of halogens is 2. The zero-order valence-electron chi connectivity index (χ0n) is 8.00. The smallest absolute Gasteiger partial charge is 0.171 e. The maximum Gasteiger partial charge on any atom is 0.171 e. The summed E-state index contributed by atoms with van der Waals surface area (Å²) in [5.41, 5.74) is 2.53. The monoisotopic (exact) mass is 242 g/mol. The van der Waals surface area contributed by atoms with Gasteiger partial charge in [0.1, 0.15) is 5.15 Å². The van der Waals surface area contributed by atoms with Crippen LogP contribution in [0.25, 0.3) is 11.3 Å². The summed E-state index contributed by atoms with van der Waals surface area (Å²) in [4.78, 5) is 3.90. The molecule has 0 amide bonds. The van der Waals surface area contributed by atoms with Crippen LogP contribution in [0.2, 0.25) is 5.15 Å². The van der Waals surface area contributed by atoms with Gasteiger partial charge < -0.3 is 4.52 Å². The summed E-state index contributed by atoms with van der Waals surface area (Å²) in [6.07, 6.45) is 1.62. The lowest BCUT2D eigenvalue weighted by atomic mass is 10.1. The van der Waals surface area contributed by atoms with Crippen LogP contribution in [-0.2, 0) is 5.88 Å². The first kappa shape index (κ1) is 10.5. The Hall–Kier alpha value is -1.06. The van der Waals surface area contributed by atoms with Gasteiger partial charge in [0, 0.05) is 17.3 Å². The van der Waals surface area contributed by atoms with Crippen LogP contribution in [0.4, 0.5) is 0 Å². The van der Waals surface area contributed by atoms with Crippen molar-refractivity contribution in [3.63, 3.8) is 0 Å². The molecule has 0 spiro atoms. The number of hydrogen-bond donors (Lipinski definition) is 0. The summed E-state index contributed by atoms with van der Waals surface area (Å²) in [5, 5.41) is 4.29. The number of pyridine rings is 1. The maximum absolute atomic E-state index is 5.82. The van der Waals surface area contributed by atoms with E-state index < -0.39 is 0 Å². The number of hydrogen-bond acceptors (Lipinski definition) is 3. The van der Waals surface area contributed by atoms with Crippen LogP contribution in [0.3, 0.4) is 0 Å². The van der Waals surface area contributed by atoms with E-state index in [1.807, 2.05) is 13.0 Å². The van der Waals surface area contributed by atoms with Crippen molar-refractivity contribution in [2.45, 2.75) is 12.8 Å². The summed E-state index contributed by atoms with van der Waals surface area (Å²) in [5.74, 6) is 1.02. The van der Waals surface area contributed by atoms with Crippen LogP contribution in [-0.4, -0.2) is 10.1 Å². The van der Waals surface area contributed by atoms with Crippen LogP contribution in [0, 0.1) is 6.92 Å². The zero-order valence-corrected chi connectivity index (χ0v) is 9.51. The fraction of sp³-hybridized carbons (Fsp3) is 0.200. The van der Waals surface area contributed by atoms with E-state index in [1.54, 1.807) is 12.3 Å². The van der Waals surface area contributed by atoms with Gasteiger partial charge in [-0.1, -0.05) is 16.8 Å². The Kier molecular flexibility index (Phi) is 2.93. The first-order chi connectivity index (χ1) is 7.22.